The molecule has 11 heavy (non-hydrogen) atoms. The topological polar surface area (TPSA) is 53.0 Å². The highest BCUT2D eigenvalue weighted by atomic mass is 16.6. The van der Waals surface area contributed by atoms with Crippen molar-refractivity contribution in [1.29, 1.82) is 0 Å². The Hall–Kier alpha value is -1.06. The van der Waals surface area contributed by atoms with Gasteiger partial charge in [0.25, 0.3) is 0 Å². The molecule has 0 radical (unpaired) electrons. The molecule has 1 aliphatic heterocycles. The third kappa shape index (κ3) is 0.895. The molecule has 0 fully saturated rings. The van der Waals surface area contributed by atoms with Crippen LogP contribution in [-0.2, 0) is 6.54 Å². The van der Waals surface area contributed by atoms with Gasteiger partial charge in [-0.2, -0.15) is 0 Å². The summed E-state index contributed by atoms with van der Waals surface area (Å²) >= 11 is 0. The summed E-state index contributed by atoms with van der Waals surface area (Å²) in [5.74, 6) is 0.0414. The smallest absolute Gasteiger partial charge is 0.236 e. The molecule has 0 N–H and O–H groups in total. The Morgan fingerprint density at radius 2 is 2.55 bits per heavy atom. The van der Waals surface area contributed by atoms with Crippen molar-refractivity contribution in [3.8, 4) is 5.95 Å². The van der Waals surface area contributed by atoms with Gasteiger partial charge in [0.1, 0.15) is 0 Å². The fraction of sp³-hybridized carbons (Fsp3) is 0.714. The zero-order chi connectivity index (χ0) is 7.84. The average molecular weight is 154 g/mol. The predicted molar refractivity (Wildman–Crippen MR) is 33.8 cm³/mol. The van der Waals surface area contributed by atoms with Crippen molar-refractivity contribution in [2.24, 2.45) is 0 Å². The minimum atomic E-state index is -0.266. The molecule has 0 spiro atoms. The molecule has 4 nitrogen and oxygen atoms in total. The van der Waals surface area contributed by atoms with Crippen LogP contribution in [0.3, 0.4) is 0 Å². The summed E-state index contributed by atoms with van der Waals surface area (Å²) in [6, 6.07) is 0. The lowest BCUT2D eigenvalue weighted by Crippen LogP contribution is -2.43. The lowest BCUT2D eigenvalue weighted by Gasteiger charge is -2.11. The fourth-order valence-corrected chi connectivity index (χ4v) is 1.58. The Morgan fingerprint density at radius 1 is 1.73 bits per heavy atom. The van der Waals surface area contributed by atoms with Crippen LogP contribution in [0.5, 0.6) is 5.95 Å². The number of aromatic nitrogens is 2. The molecule has 4 heteroatoms. The van der Waals surface area contributed by atoms with E-state index in [0.29, 0.717) is 5.92 Å². The Morgan fingerprint density at radius 3 is 3.27 bits per heavy atom. The number of aryl methyl sites for hydroxylation is 1. The highest BCUT2D eigenvalue weighted by molar-refractivity contribution is 5.09. The summed E-state index contributed by atoms with van der Waals surface area (Å²) in [5, 5.41) is 14.7. The van der Waals surface area contributed by atoms with Crippen molar-refractivity contribution < 1.29 is 14.3 Å². The van der Waals surface area contributed by atoms with Crippen LogP contribution in [0, 0.1) is 0 Å². The fourth-order valence-electron chi connectivity index (χ4n) is 1.58. The number of nitrogens with zero attached hydrogens (tertiary/aromatic N) is 2. The highest BCUT2D eigenvalue weighted by Gasteiger charge is 2.27. The largest absolute Gasteiger partial charge is 0.539 e. The van der Waals surface area contributed by atoms with Crippen LogP contribution in [0.1, 0.15) is 31.4 Å². The van der Waals surface area contributed by atoms with E-state index >= 15 is 0 Å². The lowest BCUT2D eigenvalue weighted by molar-refractivity contribution is -0.774. The first-order valence-electron chi connectivity index (χ1n) is 3.85. The standard InChI is InChI=1S/C7H10N2O2/c1-5-3-2-4-9-6(5)7(10)11-8-9/h5H,2-4H2,1H3. The molecule has 1 unspecified atom stereocenters. The third-order valence-electron chi connectivity index (χ3n) is 2.18. The van der Waals surface area contributed by atoms with Gasteiger partial charge in [-0.25, -0.2) is 0 Å². The molecule has 0 aromatic carbocycles. The minimum absolute atomic E-state index is 0.266. The van der Waals surface area contributed by atoms with Gasteiger partial charge in [-0.15, -0.1) is 0 Å². The molecular formula is C7H10N2O2. The van der Waals surface area contributed by atoms with Crippen LogP contribution in [0.2, 0.25) is 0 Å². The van der Waals surface area contributed by atoms with Crippen molar-refractivity contribution in [3.63, 3.8) is 0 Å². The second kappa shape index (κ2) is 2.22. The molecule has 0 amide bonds. The van der Waals surface area contributed by atoms with E-state index in [2.05, 4.69) is 9.79 Å². The summed E-state index contributed by atoms with van der Waals surface area (Å²) < 4.78 is 6.22. The highest BCUT2D eigenvalue weighted by Crippen LogP contribution is 2.26. The van der Waals surface area contributed by atoms with Gasteiger partial charge in [-0.1, -0.05) is 11.6 Å². The minimum Gasteiger partial charge on any atom is -0.539 e. The zero-order valence-corrected chi connectivity index (χ0v) is 6.41. The average Bonchev–Trinajstić information content (AvgIpc) is 2.34. The molecule has 2 heterocycles. The van der Waals surface area contributed by atoms with Gasteiger partial charge in [0.2, 0.25) is 5.69 Å². The summed E-state index contributed by atoms with van der Waals surface area (Å²) in [7, 11) is 0. The molecular weight excluding hydrogens is 144 g/mol. The number of fused-ring (bicyclic) bond motifs is 1. The first-order chi connectivity index (χ1) is 5.29. The normalized spacial score (nSPS) is 23.2. The molecule has 1 aromatic rings. The Labute approximate surface area is 64.4 Å². The van der Waals surface area contributed by atoms with Gasteiger partial charge in [-0.3, -0.25) is 0 Å². The van der Waals surface area contributed by atoms with Crippen LogP contribution < -0.4 is 9.79 Å². The lowest BCUT2D eigenvalue weighted by atomic mass is 9.99. The molecule has 0 saturated carbocycles. The Kier molecular flexibility index (Phi) is 1.34. The number of rotatable bonds is 0. The number of hydrogen-bond donors (Lipinski definition) is 0. The van der Waals surface area contributed by atoms with Crippen LogP contribution in [0.25, 0.3) is 0 Å². The Balaban J connectivity index is 2.48. The van der Waals surface area contributed by atoms with E-state index in [4.69, 9.17) is 0 Å². The van der Waals surface area contributed by atoms with E-state index in [1.54, 1.807) is 4.68 Å². The van der Waals surface area contributed by atoms with Gasteiger partial charge < -0.3 is 9.63 Å². The molecule has 2 rings (SSSR count). The quantitative estimate of drug-likeness (QED) is 0.491. The molecule has 0 aliphatic carbocycles. The van der Waals surface area contributed by atoms with Gasteiger partial charge >= 0.3 is 0 Å². The Bertz CT molecular complexity index is 269. The monoisotopic (exact) mass is 154 g/mol. The van der Waals surface area contributed by atoms with Crippen molar-refractivity contribution >= 4 is 0 Å². The van der Waals surface area contributed by atoms with Crippen molar-refractivity contribution in [1.82, 2.24) is 5.27 Å². The second-order valence-electron chi connectivity index (χ2n) is 3.01. The van der Waals surface area contributed by atoms with E-state index in [1.165, 1.54) is 0 Å². The maximum absolute atomic E-state index is 11.0. The molecule has 1 aliphatic rings. The summed E-state index contributed by atoms with van der Waals surface area (Å²) in [4.78, 5) is 0. The van der Waals surface area contributed by atoms with Crippen LogP contribution in [0.15, 0.2) is 4.52 Å². The van der Waals surface area contributed by atoms with Crippen molar-refractivity contribution in [2.45, 2.75) is 32.2 Å². The maximum Gasteiger partial charge on any atom is 0.236 e. The zero-order valence-electron chi connectivity index (χ0n) is 6.41. The number of hydrogen-bond acceptors (Lipinski definition) is 3. The van der Waals surface area contributed by atoms with E-state index in [0.717, 1.165) is 25.1 Å². The summed E-state index contributed by atoms with van der Waals surface area (Å²) in [5.41, 5.74) is 0.733. The molecule has 1 atom stereocenters. The third-order valence-corrected chi connectivity index (χ3v) is 2.18. The second-order valence-corrected chi connectivity index (χ2v) is 3.01. The van der Waals surface area contributed by atoms with E-state index in [1.807, 2.05) is 6.92 Å². The van der Waals surface area contributed by atoms with Crippen molar-refractivity contribution in [3.05, 3.63) is 5.69 Å². The van der Waals surface area contributed by atoms with Gasteiger partial charge in [0.15, 0.2) is 12.5 Å². The van der Waals surface area contributed by atoms with Crippen LogP contribution in [0.4, 0.5) is 0 Å². The van der Waals surface area contributed by atoms with Crippen molar-refractivity contribution in [2.75, 3.05) is 0 Å². The SMILES string of the molecule is CC1CCC[n+]2noc([O-])c21. The predicted octanol–water partition coefficient (Wildman–Crippen LogP) is -0.0670. The maximum atomic E-state index is 11.0. The molecule has 0 saturated heterocycles. The van der Waals surface area contributed by atoms with E-state index in [-0.39, 0.29) is 5.95 Å². The molecule has 1 aromatic heterocycles. The van der Waals surface area contributed by atoms with E-state index in [9.17, 15) is 5.11 Å². The van der Waals surface area contributed by atoms with Gasteiger partial charge in [0.05, 0.1) is 5.27 Å². The summed E-state index contributed by atoms with van der Waals surface area (Å²) in [6.45, 7) is 2.86. The first kappa shape index (κ1) is 6.64. The van der Waals surface area contributed by atoms with Crippen LogP contribution >= 0.6 is 0 Å². The van der Waals surface area contributed by atoms with Gasteiger partial charge in [0, 0.05) is 12.3 Å². The molecule has 60 valence electrons. The first-order valence-corrected chi connectivity index (χ1v) is 3.85. The van der Waals surface area contributed by atoms with E-state index < -0.39 is 0 Å². The summed E-state index contributed by atoms with van der Waals surface area (Å²) in [6.07, 6.45) is 2.15. The molecule has 0 bridgehead atoms. The van der Waals surface area contributed by atoms with Gasteiger partial charge in [-0.05, 0) is 6.42 Å². The van der Waals surface area contributed by atoms with Crippen LogP contribution in [-0.4, -0.2) is 5.27 Å².